The van der Waals surface area contributed by atoms with Gasteiger partial charge >= 0.3 is 5.16 Å². The lowest BCUT2D eigenvalue weighted by Crippen LogP contribution is -2.35. The Bertz CT molecular complexity index is 1030. The fourth-order valence-electron chi connectivity index (χ4n) is 3.17. The summed E-state index contributed by atoms with van der Waals surface area (Å²) in [7, 11) is 3.25. The molecule has 2 aromatic heterocycles. The second-order valence-corrected chi connectivity index (χ2v) is 9.33. The molecule has 2 heterocycles. The van der Waals surface area contributed by atoms with Crippen LogP contribution in [0.25, 0.3) is 11.0 Å². The Labute approximate surface area is 174 Å². The molecule has 1 unspecified atom stereocenters. The van der Waals surface area contributed by atoms with E-state index in [1.807, 2.05) is 57.5 Å². The minimum atomic E-state index is -1.42. The van der Waals surface area contributed by atoms with E-state index in [-0.39, 0.29) is 11.3 Å². The number of fused-ring (bicyclic) bond motifs is 1. The van der Waals surface area contributed by atoms with E-state index in [9.17, 15) is 4.55 Å². The molecule has 0 aliphatic heterocycles. The van der Waals surface area contributed by atoms with Crippen LogP contribution in [0.15, 0.2) is 29.6 Å². The van der Waals surface area contributed by atoms with E-state index in [4.69, 9.17) is 9.47 Å². The Kier molecular flexibility index (Phi) is 5.95. The standard InChI is InChI=1S/C21H28N4O3S/c1-13-11-22-17(14(2)19(13)28-7)12-29(26)20-23-16-10-15(27-6)8-9-18(16)25(20)24-21(3,4)5/h8-11,24H,12H2,1-7H3. The average Bonchev–Trinajstić information content (AvgIpc) is 3.00. The minimum absolute atomic E-state index is 0.242. The van der Waals surface area contributed by atoms with Gasteiger partial charge < -0.3 is 19.5 Å². The molecule has 0 amide bonds. The third-order valence-electron chi connectivity index (χ3n) is 4.50. The second-order valence-electron chi connectivity index (χ2n) is 7.98. The molecule has 0 radical (unpaired) electrons. The van der Waals surface area contributed by atoms with Crippen molar-refractivity contribution in [3.8, 4) is 11.5 Å². The molecule has 0 saturated carbocycles. The molecule has 1 N–H and O–H groups in total. The molecule has 3 rings (SSSR count). The molecular formula is C21H28N4O3S. The Morgan fingerprint density at radius 3 is 2.52 bits per heavy atom. The number of imidazole rings is 1. The van der Waals surface area contributed by atoms with Crippen LogP contribution in [0.4, 0.5) is 0 Å². The van der Waals surface area contributed by atoms with Crippen molar-refractivity contribution in [1.82, 2.24) is 14.6 Å². The molecule has 1 atom stereocenters. The van der Waals surface area contributed by atoms with Gasteiger partial charge in [0, 0.05) is 40.1 Å². The molecule has 0 aliphatic carbocycles. The zero-order chi connectivity index (χ0) is 21.3. The van der Waals surface area contributed by atoms with Crippen molar-refractivity contribution in [2.75, 3.05) is 19.6 Å². The van der Waals surface area contributed by atoms with Gasteiger partial charge in [-0.2, -0.15) is 9.66 Å². The summed E-state index contributed by atoms with van der Waals surface area (Å²) in [5, 5.41) is 0.448. The molecule has 8 heteroatoms. The molecular weight excluding hydrogens is 388 g/mol. The third-order valence-corrected chi connectivity index (χ3v) is 5.72. The van der Waals surface area contributed by atoms with Gasteiger partial charge in [-0.15, -0.1) is 0 Å². The summed E-state index contributed by atoms with van der Waals surface area (Å²) < 4.78 is 26.0. The number of benzene rings is 1. The fourth-order valence-corrected chi connectivity index (χ4v) is 4.38. The minimum Gasteiger partial charge on any atom is -0.609 e. The molecule has 0 spiro atoms. The van der Waals surface area contributed by atoms with Crippen molar-refractivity contribution in [1.29, 1.82) is 0 Å². The molecule has 0 fully saturated rings. The maximum atomic E-state index is 13.4. The van der Waals surface area contributed by atoms with E-state index in [0.717, 1.165) is 33.6 Å². The van der Waals surface area contributed by atoms with Crippen LogP contribution in [0.2, 0.25) is 0 Å². The quantitative estimate of drug-likeness (QED) is 0.617. The van der Waals surface area contributed by atoms with Crippen molar-refractivity contribution in [2.24, 2.45) is 0 Å². The summed E-state index contributed by atoms with van der Waals surface area (Å²) in [5.41, 5.74) is 7.30. The summed E-state index contributed by atoms with van der Waals surface area (Å²) in [5.74, 6) is 1.73. The first-order chi connectivity index (χ1) is 13.6. The van der Waals surface area contributed by atoms with Gasteiger partial charge in [-0.3, -0.25) is 4.98 Å². The lowest BCUT2D eigenvalue weighted by Gasteiger charge is -2.24. The molecule has 156 valence electrons. The zero-order valence-electron chi connectivity index (χ0n) is 18.0. The number of aryl methyl sites for hydroxylation is 1. The summed E-state index contributed by atoms with van der Waals surface area (Å²) >= 11 is -1.42. The first-order valence-corrected chi connectivity index (χ1v) is 10.7. The number of aromatic nitrogens is 3. The van der Waals surface area contributed by atoms with Crippen LogP contribution in [0.1, 0.15) is 37.6 Å². The SMILES string of the molecule is COc1ccc2c(c1)nc([S+]([O-])Cc1ncc(C)c(OC)c1C)n2NC(C)(C)C. The summed E-state index contributed by atoms with van der Waals surface area (Å²) in [6.45, 7) is 10.0. The Balaban J connectivity index is 2.04. The zero-order valence-corrected chi connectivity index (χ0v) is 18.8. The van der Waals surface area contributed by atoms with Crippen LogP contribution < -0.4 is 14.9 Å². The second kappa shape index (κ2) is 8.12. The molecule has 0 saturated heterocycles. The van der Waals surface area contributed by atoms with Crippen LogP contribution in [0.5, 0.6) is 11.5 Å². The van der Waals surface area contributed by atoms with Gasteiger partial charge in [-0.25, -0.2) is 0 Å². The van der Waals surface area contributed by atoms with E-state index in [1.54, 1.807) is 20.4 Å². The van der Waals surface area contributed by atoms with Gasteiger partial charge in [0.05, 0.1) is 30.9 Å². The smallest absolute Gasteiger partial charge is 0.343 e. The maximum Gasteiger partial charge on any atom is 0.343 e. The van der Waals surface area contributed by atoms with Gasteiger partial charge in [-0.05, 0) is 46.8 Å². The first kappa shape index (κ1) is 21.3. The lowest BCUT2D eigenvalue weighted by atomic mass is 10.1. The molecule has 1 aromatic carbocycles. The van der Waals surface area contributed by atoms with Gasteiger partial charge in [0.15, 0.2) is 5.75 Å². The van der Waals surface area contributed by atoms with Gasteiger partial charge in [-0.1, -0.05) is 0 Å². The van der Waals surface area contributed by atoms with E-state index in [1.165, 1.54) is 0 Å². The number of nitrogens with one attached hydrogen (secondary N) is 1. The van der Waals surface area contributed by atoms with Crippen LogP contribution in [0.3, 0.4) is 0 Å². The largest absolute Gasteiger partial charge is 0.609 e. The van der Waals surface area contributed by atoms with Crippen molar-refractivity contribution >= 4 is 22.2 Å². The van der Waals surface area contributed by atoms with E-state index >= 15 is 0 Å². The van der Waals surface area contributed by atoms with Crippen molar-refractivity contribution in [2.45, 2.75) is 51.1 Å². The molecule has 29 heavy (non-hydrogen) atoms. The highest BCUT2D eigenvalue weighted by Gasteiger charge is 2.27. The van der Waals surface area contributed by atoms with Gasteiger partial charge in [0.2, 0.25) is 0 Å². The number of pyridine rings is 1. The molecule has 7 nitrogen and oxygen atoms in total. The third kappa shape index (κ3) is 4.43. The Morgan fingerprint density at radius 2 is 1.90 bits per heavy atom. The predicted octanol–water partition coefficient (Wildman–Crippen LogP) is 3.72. The summed E-state index contributed by atoms with van der Waals surface area (Å²) in [4.78, 5) is 9.14. The Hall–Kier alpha value is -2.45. The topological polar surface area (TPSA) is 84.3 Å². The summed E-state index contributed by atoms with van der Waals surface area (Å²) in [6, 6.07) is 5.63. The van der Waals surface area contributed by atoms with Gasteiger partial charge in [0.1, 0.15) is 11.5 Å². The lowest BCUT2D eigenvalue weighted by molar-refractivity contribution is 0.407. The number of nitrogens with zero attached hydrogens (tertiary/aromatic N) is 3. The number of methoxy groups -OCH3 is 2. The van der Waals surface area contributed by atoms with Crippen LogP contribution in [0, 0.1) is 13.8 Å². The summed E-state index contributed by atoms with van der Waals surface area (Å²) in [6.07, 6.45) is 1.75. The molecule has 0 bridgehead atoms. The normalized spacial score (nSPS) is 12.8. The number of hydrogen-bond acceptors (Lipinski definition) is 6. The van der Waals surface area contributed by atoms with Crippen LogP contribution in [-0.2, 0) is 16.9 Å². The van der Waals surface area contributed by atoms with E-state index in [2.05, 4.69) is 15.4 Å². The van der Waals surface area contributed by atoms with Crippen LogP contribution >= 0.6 is 0 Å². The number of ether oxygens (including phenoxy) is 2. The van der Waals surface area contributed by atoms with Crippen LogP contribution in [-0.4, -0.2) is 39.0 Å². The van der Waals surface area contributed by atoms with E-state index in [0.29, 0.717) is 10.9 Å². The average molecular weight is 417 g/mol. The molecule has 3 aromatic rings. The fraction of sp³-hybridized carbons (Fsp3) is 0.429. The van der Waals surface area contributed by atoms with Crippen molar-refractivity contribution < 1.29 is 14.0 Å². The maximum absolute atomic E-state index is 13.4. The number of rotatable bonds is 6. The number of hydrogen-bond donors (Lipinski definition) is 1. The predicted molar refractivity (Wildman–Crippen MR) is 116 cm³/mol. The first-order valence-electron chi connectivity index (χ1n) is 9.36. The van der Waals surface area contributed by atoms with Gasteiger partial charge in [0.25, 0.3) is 0 Å². The van der Waals surface area contributed by atoms with Crippen molar-refractivity contribution in [3.05, 3.63) is 41.2 Å². The highest BCUT2D eigenvalue weighted by Crippen LogP contribution is 2.29. The van der Waals surface area contributed by atoms with Crippen molar-refractivity contribution in [3.63, 3.8) is 0 Å². The van der Waals surface area contributed by atoms with E-state index < -0.39 is 11.2 Å². The molecule has 0 aliphatic rings. The monoisotopic (exact) mass is 416 g/mol. The Morgan fingerprint density at radius 1 is 1.17 bits per heavy atom. The highest BCUT2D eigenvalue weighted by molar-refractivity contribution is 7.90. The highest BCUT2D eigenvalue weighted by atomic mass is 32.2.